The van der Waals surface area contributed by atoms with Crippen molar-refractivity contribution in [1.29, 1.82) is 0 Å². The summed E-state index contributed by atoms with van der Waals surface area (Å²) in [7, 11) is -2.16. The molecule has 0 spiro atoms. The highest BCUT2D eigenvalue weighted by Gasteiger charge is 2.36. The largest absolute Gasteiger partial charge is 0.299 e. The maximum atomic E-state index is 12.5. The molecule has 0 aliphatic carbocycles. The van der Waals surface area contributed by atoms with Gasteiger partial charge in [0.1, 0.15) is 5.78 Å². The number of aryl methyl sites for hydroxylation is 1. The molecule has 0 radical (unpaired) electrons. The molecule has 0 N–H and O–H groups in total. The second-order valence-corrected chi connectivity index (χ2v) is 6.87. The number of sulfonamides is 1. The molecule has 0 saturated carbocycles. The van der Waals surface area contributed by atoms with Crippen LogP contribution in [0.15, 0.2) is 11.2 Å². The van der Waals surface area contributed by atoms with Crippen LogP contribution in [0.5, 0.6) is 0 Å². The molecule has 0 amide bonds. The summed E-state index contributed by atoms with van der Waals surface area (Å²) < 4.78 is 27.6. The SMILES string of the molecule is CCC1CN(S(=O)(=O)c2c(Cl)cnn2C)CCC1=O. The highest BCUT2D eigenvalue weighted by atomic mass is 35.5. The highest BCUT2D eigenvalue weighted by molar-refractivity contribution is 7.89. The van der Waals surface area contributed by atoms with Gasteiger partial charge >= 0.3 is 0 Å². The van der Waals surface area contributed by atoms with Crippen LogP contribution in [0.3, 0.4) is 0 Å². The summed E-state index contributed by atoms with van der Waals surface area (Å²) in [5, 5.41) is 3.93. The van der Waals surface area contributed by atoms with Crippen LogP contribution in [0.1, 0.15) is 19.8 Å². The smallest absolute Gasteiger partial charge is 0.261 e. The number of Topliss-reactive ketones (excluding diaryl/α,β-unsaturated/α-hetero) is 1. The number of hydrogen-bond donors (Lipinski definition) is 0. The Kier molecular flexibility index (Phi) is 3.98. The summed E-state index contributed by atoms with van der Waals surface area (Å²) in [6.07, 6.45) is 2.21. The first-order valence-electron chi connectivity index (χ1n) is 6.08. The van der Waals surface area contributed by atoms with E-state index in [0.717, 1.165) is 0 Å². The van der Waals surface area contributed by atoms with Gasteiger partial charge in [-0.3, -0.25) is 9.48 Å². The molecule has 1 fully saturated rings. The van der Waals surface area contributed by atoms with Gasteiger partial charge in [-0.25, -0.2) is 8.42 Å². The molecule has 2 heterocycles. The Labute approximate surface area is 117 Å². The normalized spacial score (nSPS) is 21.8. The van der Waals surface area contributed by atoms with E-state index in [4.69, 9.17) is 11.6 Å². The van der Waals surface area contributed by atoms with E-state index in [1.807, 2.05) is 6.92 Å². The van der Waals surface area contributed by atoms with Gasteiger partial charge in [0.15, 0.2) is 5.03 Å². The Morgan fingerprint density at radius 2 is 2.21 bits per heavy atom. The first-order chi connectivity index (χ1) is 8.87. The Bertz CT molecular complexity index is 577. The molecule has 1 aliphatic heterocycles. The lowest BCUT2D eigenvalue weighted by molar-refractivity contribution is -0.125. The summed E-state index contributed by atoms with van der Waals surface area (Å²) in [6, 6.07) is 0. The number of ketones is 1. The van der Waals surface area contributed by atoms with Gasteiger partial charge in [0.2, 0.25) is 0 Å². The third-order valence-corrected chi connectivity index (χ3v) is 5.78. The summed E-state index contributed by atoms with van der Waals surface area (Å²) in [5.41, 5.74) is 0. The molecule has 19 heavy (non-hydrogen) atoms. The van der Waals surface area contributed by atoms with Crippen LogP contribution in [0.25, 0.3) is 0 Å². The summed E-state index contributed by atoms with van der Waals surface area (Å²) in [6.45, 7) is 2.31. The van der Waals surface area contributed by atoms with E-state index in [0.29, 0.717) is 6.42 Å². The zero-order chi connectivity index (χ0) is 14.2. The first-order valence-corrected chi connectivity index (χ1v) is 7.90. The Morgan fingerprint density at radius 1 is 1.53 bits per heavy atom. The fourth-order valence-electron chi connectivity index (χ4n) is 2.26. The molecule has 1 atom stereocenters. The van der Waals surface area contributed by atoms with Crippen molar-refractivity contribution in [3.8, 4) is 0 Å². The quantitative estimate of drug-likeness (QED) is 0.837. The molecule has 1 unspecified atom stereocenters. The molecule has 1 aromatic heterocycles. The van der Waals surface area contributed by atoms with Crippen LogP contribution >= 0.6 is 11.6 Å². The van der Waals surface area contributed by atoms with Crippen molar-refractivity contribution in [1.82, 2.24) is 14.1 Å². The van der Waals surface area contributed by atoms with E-state index in [-0.39, 0.29) is 41.3 Å². The highest BCUT2D eigenvalue weighted by Crippen LogP contribution is 2.27. The van der Waals surface area contributed by atoms with Gasteiger partial charge in [0, 0.05) is 32.5 Å². The lowest BCUT2D eigenvalue weighted by Crippen LogP contribution is -2.44. The molecular formula is C11H16ClN3O3S. The molecule has 2 rings (SSSR count). The maximum Gasteiger partial charge on any atom is 0.261 e. The second kappa shape index (κ2) is 5.22. The van der Waals surface area contributed by atoms with Crippen molar-refractivity contribution in [3.05, 3.63) is 11.2 Å². The topological polar surface area (TPSA) is 72.3 Å². The Balaban J connectivity index is 2.33. The molecule has 1 saturated heterocycles. The third kappa shape index (κ3) is 2.54. The van der Waals surface area contributed by atoms with Crippen LogP contribution in [0.4, 0.5) is 0 Å². The van der Waals surface area contributed by atoms with Gasteiger partial charge in [-0.05, 0) is 6.42 Å². The molecule has 6 nitrogen and oxygen atoms in total. The van der Waals surface area contributed by atoms with Gasteiger partial charge in [-0.1, -0.05) is 18.5 Å². The van der Waals surface area contributed by atoms with E-state index < -0.39 is 10.0 Å². The molecular weight excluding hydrogens is 290 g/mol. The van der Waals surface area contributed by atoms with E-state index in [2.05, 4.69) is 5.10 Å². The zero-order valence-electron chi connectivity index (χ0n) is 10.8. The summed E-state index contributed by atoms with van der Waals surface area (Å²) in [5.74, 6) is -0.0967. The predicted molar refractivity (Wildman–Crippen MR) is 70.4 cm³/mol. The minimum absolute atomic E-state index is 0.0154. The third-order valence-electron chi connectivity index (χ3n) is 3.41. The Morgan fingerprint density at radius 3 is 2.74 bits per heavy atom. The fraction of sp³-hybridized carbons (Fsp3) is 0.636. The van der Waals surface area contributed by atoms with Crippen molar-refractivity contribution >= 4 is 27.4 Å². The first kappa shape index (κ1) is 14.5. The number of carbonyl (C=O) groups excluding carboxylic acids is 1. The number of rotatable bonds is 3. The summed E-state index contributed by atoms with van der Waals surface area (Å²) in [4.78, 5) is 11.7. The lowest BCUT2D eigenvalue weighted by Gasteiger charge is -2.30. The minimum atomic E-state index is -3.70. The van der Waals surface area contributed by atoms with Crippen molar-refractivity contribution in [2.75, 3.05) is 13.1 Å². The average molecular weight is 306 g/mol. The monoisotopic (exact) mass is 305 g/mol. The van der Waals surface area contributed by atoms with Gasteiger partial charge in [-0.2, -0.15) is 9.40 Å². The van der Waals surface area contributed by atoms with Crippen molar-refractivity contribution < 1.29 is 13.2 Å². The number of hydrogen-bond acceptors (Lipinski definition) is 4. The maximum absolute atomic E-state index is 12.5. The van der Waals surface area contributed by atoms with Crippen LogP contribution in [-0.4, -0.2) is 41.4 Å². The van der Waals surface area contributed by atoms with Gasteiger partial charge < -0.3 is 0 Å². The number of aromatic nitrogens is 2. The molecule has 8 heteroatoms. The number of nitrogens with zero attached hydrogens (tertiary/aromatic N) is 3. The molecule has 0 bridgehead atoms. The number of carbonyl (C=O) groups is 1. The summed E-state index contributed by atoms with van der Waals surface area (Å²) >= 11 is 5.89. The van der Waals surface area contributed by atoms with Crippen LogP contribution in [0, 0.1) is 5.92 Å². The number of piperidine rings is 1. The average Bonchev–Trinajstić information content (AvgIpc) is 2.69. The lowest BCUT2D eigenvalue weighted by atomic mass is 9.96. The second-order valence-electron chi connectivity index (χ2n) is 4.61. The minimum Gasteiger partial charge on any atom is -0.299 e. The predicted octanol–water partition coefficient (Wildman–Crippen LogP) is 1.06. The fourth-order valence-corrected chi connectivity index (χ4v) is 4.36. The van der Waals surface area contributed by atoms with Crippen molar-refractivity contribution in [3.63, 3.8) is 0 Å². The van der Waals surface area contributed by atoms with Crippen LogP contribution in [0.2, 0.25) is 5.02 Å². The van der Waals surface area contributed by atoms with E-state index in [1.54, 1.807) is 0 Å². The van der Waals surface area contributed by atoms with E-state index >= 15 is 0 Å². The van der Waals surface area contributed by atoms with Crippen LogP contribution in [-0.2, 0) is 21.9 Å². The van der Waals surface area contributed by atoms with Crippen molar-refractivity contribution in [2.45, 2.75) is 24.8 Å². The van der Waals surface area contributed by atoms with Gasteiger partial charge in [-0.15, -0.1) is 0 Å². The van der Waals surface area contributed by atoms with E-state index in [9.17, 15) is 13.2 Å². The molecule has 106 valence electrons. The van der Waals surface area contributed by atoms with Crippen LogP contribution < -0.4 is 0 Å². The zero-order valence-corrected chi connectivity index (χ0v) is 12.4. The molecule has 0 aromatic carbocycles. The van der Waals surface area contributed by atoms with Gasteiger partial charge in [0.05, 0.1) is 11.2 Å². The number of halogens is 1. The standard InChI is InChI=1S/C11H16ClN3O3S/c1-3-8-7-15(5-4-10(8)16)19(17,18)11-9(12)6-13-14(11)2/h6,8H,3-5,7H2,1-2H3. The van der Waals surface area contributed by atoms with Crippen molar-refractivity contribution in [2.24, 2.45) is 13.0 Å². The molecule has 1 aromatic rings. The van der Waals surface area contributed by atoms with E-state index in [1.165, 1.54) is 22.2 Å². The Hall–Kier alpha value is -0.920. The van der Waals surface area contributed by atoms with Gasteiger partial charge in [0.25, 0.3) is 10.0 Å². The molecule has 1 aliphatic rings.